The molecule has 1 heterocycles. The van der Waals surface area contributed by atoms with Crippen molar-refractivity contribution in [2.45, 2.75) is 19.6 Å². The van der Waals surface area contributed by atoms with Gasteiger partial charge in [0.1, 0.15) is 12.7 Å². The summed E-state index contributed by atoms with van der Waals surface area (Å²) in [5.74, 6) is 0.186. The zero-order valence-corrected chi connectivity index (χ0v) is 20.1. The number of ketones is 1. The molecule has 0 saturated carbocycles. The van der Waals surface area contributed by atoms with Crippen LogP contribution < -0.4 is 19.5 Å². The molecule has 35 heavy (non-hydrogen) atoms. The van der Waals surface area contributed by atoms with E-state index in [2.05, 4.69) is 5.32 Å². The van der Waals surface area contributed by atoms with Gasteiger partial charge in [-0.2, -0.15) is 0 Å². The number of amides is 2. The first-order valence-electron chi connectivity index (χ1n) is 11.2. The van der Waals surface area contributed by atoms with Gasteiger partial charge in [0.2, 0.25) is 17.6 Å². The molecule has 0 radical (unpaired) electrons. The van der Waals surface area contributed by atoms with Crippen LogP contribution in [0, 0.1) is 0 Å². The fraction of sp³-hybridized carbons (Fsp3) is 0.346. The first-order chi connectivity index (χ1) is 16.9. The molecule has 1 aliphatic rings. The molecule has 186 valence electrons. The molecule has 9 nitrogen and oxygen atoms in total. The quantitative estimate of drug-likeness (QED) is 0.410. The van der Waals surface area contributed by atoms with Gasteiger partial charge in [-0.05, 0) is 24.6 Å². The smallest absolute Gasteiger partial charge is 0.246 e. The normalized spacial score (nSPS) is 15.5. The van der Waals surface area contributed by atoms with E-state index < -0.39 is 6.10 Å². The fourth-order valence-electron chi connectivity index (χ4n) is 3.61. The number of benzene rings is 2. The van der Waals surface area contributed by atoms with E-state index in [9.17, 15) is 14.4 Å². The Morgan fingerprint density at radius 1 is 1.06 bits per heavy atom. The summed E-state index contributed by atoms with van der Waals surface area (Å²) in [5.41, 5.74) is 1.33. The molecule has 2 aromatic rings. The van der Waals surface area contributed by atoms with Crippen LogP contribution in [0.5, 0.6) is 17.2 Å². The molecule has 0 bridgehead atoms. The molecule has 3 rings (SSSR count). The third-order valence-electron chi connectivity index (χ3n) is 5.43. The van der Waals surface area contributed by atoms with Crippen molar-refractivity contribution in [3.63, 3.8) is 0 Å². The molecule has 1 aliphatic heterocycles. The molecule has 1 unspecified atom stereocenters. The maximum Gasteiger partial charge on any atom is 0.246 e. The lowest BCUT2D eigenvalue weighted by molar-refractivity contribution is -0.134. The first-order valence-corrected chi connectivity index (χ1v) is 11.2. The second kappa shape index (κ2) is 12.6. The van der Waals surface area contributed by atoms with Crippen molar-refractivity contribution in [1.29, 1.82) is 0 Å². The average Bonchev–Trinajstić information content (AvgIpc) is 2.89. The number of morpholine rings is 1. The van der Waals surface area contributed by atoms with Gasteiger partial charge in [-0.3, -0.25) is 14.4 Å². The Bertz CT molecular complexity index is 1070. The second-order valence-electron chi connectivity index (χ2n) is 7.86. The highest BCUT2D eigenvalue weighted by atomic mass is 16.6. The number of ether oxygens (including phenoxy) is 4. The number of hydrogen-bond acceptors (Lipinski definition) is 7. The van der Waals surface area contributed by atoms with Gasteiger partial charge in [-0.25, -0.2) is 0 Å². The average molecular weight is 483 g/mol. The molecule has 2 aromatic carbocycles. The van der Waals surface area contributed by atoms with Crippen molar-refractivity contribution in [2.24, 2.45) is 0 Å². The Kier molecular flexibility index (Phi) is 9.25. The van der Waals surface area contributed by atoms with Crippen LogP contribution in [0.4, 0.5) is 0 Å². The lowest BCUT2D eigenvalue weighted by Gasteiger charge is -2.32. The van der Waals surface area contributed by atoms with E-state index in [4.69, 9.17) is 18.9 Å². The van der Waals surface area contributed by atoms with E-state index in [1.54, 1.807) is 17.0 Å². The van der Waals surface area contributed by atoms with Gasteiger partial charge < -0.3 is 29.2 Å². The number of nitrogens with one attached hydrogen (secondary N) is 1. The van der Waals surface area contributed by atoms with Crippen molar-refractivity contribution < 1.29 is 33.3 Å². The predicted octanol–water partition coefficient (Wildman–Crippen LogP) is 2.39. The summed E-state index contributed by atoms with van der Waals surface area (Å²) in [6.07, 6.45) is 2.05. The molecule has 0 aliphatic carbocycles. The summed E-state index contributed by atoms with van der Waals surface area (Å²) in [6.45, 7) is 2.90. The zero-order valence-electron chi connectivity index (χ0n) is 20.1. The SMILES string of the molecule is COc1ccc(C(C)=O)c(OCC2CN(C(=O)C=CC(=O)NCc3ccccc3)CCO2)c1OC. The summed E-state index contributed by atoms with van der Waals surface area (Å²) >= 11 is 0. The number of rotatable bonds is 10. The van der Waals surface area contributed by atoms with Gasteiger partial charge in [-0.15, -0.1) is 0 Å². The number of carbonyl (C=O) groups is 3. The van der Waals surface area contributed by atoms with Crippen molar-refractivity contribution >= 4 is 17.6 Å². The standard InChI is InChI=1S/C26H30N2O7/c1-18(29)21-9-10-22(32-2)26(33-3)25(21)35-17-20-16-28(13-14-34-20)24(31)12-11-23(30)27-15-19-7-5-4-6-8-19/h4-12,20H,13-17H2,1-3H3,(H,27,30). The topological polar surface area (TPSA) is 103 Å². The Morgan fingerprint density at radius 2 is 1.83 bits per heavy atom. The maximum absolute atomic E-state index is 12.6. The highest BCUT2D eigenvalue weighted by molar-refractivity contribution is 5.98. The van der Waals surface area contributed by atoms with E-state index in [1.165, 1.54) is 33.3 Å². The van der Waals surface area contributed by atoms with Crippen LogP contribution >= 0.6 is 0 Å². The summed E-state index contributed by atoms with van der Waals surface area (Å²) in [4.78, 5) is 38.3. The third kappa shape index (κ3) is 7.07. The molecule has 1 atom stereocenters. The maximum atomic E-state index is 12.6. The molecule has 1 saturated heterocycles. The van der Waals surface area contributed by atoms with Crippen LogP contribution in [0.25, 0.3) is 0 Å². The molecule has 1 fully saturated rings. The van der Waals surface area contributed by atoms with Gasteiger partial charge in [0, 0.05) is 25.2 Å². The number of methoxy groups -OCH3 is 2. The molecule has 1 N–H and O–H groups in total. The summed E-state index contributed by atoms with van der Waals surface area (Å²) in [7, 11) is 2.97. The minimum Gasteiger partial charge on any atom is -0.493 e. The van der Waals surface area contributed by atoms with Crippen LogP contribution in [0.2, 0.25) is 0 Å². The minimum absolute atomic E-state index is 0.0921. The molecular weight excluding hydrogens is 452 g/mol. The Hall–Kier alpha value is -3.85. The van der Waals surface area contributed by atoms with Crippen LogP contribution in [0.1, 0.15) is 22.8 Å². The highest BCUT2D eigenvalue weighted by Crippen LogP contribution is 2.40. The largest absolute Gasteiger partial charge is 0.493 e. The number of nitrogens with zero attached hydrogens (tertiary/aromatic N) is 1. The number of carbonyl (C=O) groups excluding carboxylic acids is 3. The summed E-state index contributed by atoms with van der Waals surface area (Å²) in [6, 6.07) is 12.8. The van der Waals surface area contributed by atoms with Crippen molar-refractivity contribution in [3.8, 4) is 17.2 Å². The van der Waals surface area contributed by atoms with Gasteiger partial charge in [0.15, 0.2) is 17.3 Å². The Morgan fingerprint density at radius 3 is 2.51 bits per heavy atom. The molecule has 9 heteroatoms. The van der Waals surface area contributed by atoms with Crippen LogP contribution in [-0.2, 0) is 20.9 Å². The van der Waals surface area contributed by atoms with Crippen molar-refractivity contribution in [3.05, 3.63) is 65.7 Å². The van der Waals surface area contributed by atoms with Gasteiger partial charge in [-0.1, -0.05) is 30.3 Å². The van der Waals surface area contributed by atoms with Gasteiger partial charge in [0.25, 0.3) is 0 Å². The van der Waals surface area contributed by atoms with Crippen LogP contribution in [0.15, 0.2) is 54.6 Å². The first kappa shape index (κ1) is 25.8. The number of hydrogen-bond donors (Lipinski definition) is 1. The lowest BCUT2D eigenvalue weighted by Crippen LogP contribution is -2.47. The highest BCUT2D eigenvalue weighted by Gasteiger charge is 2.26. The lowest BCUT2D eigenvalue weighted by atomic mass is 10.1. The van der Waals surface area contributed by atoms with Gasteiger partial charge in [0.05, 0.1) is 32.9 Å². The van der Waals surface area contributed by atoms with E-state index in [1.807, 2.05) is 30.3 Å². The van der Waals surface area contributed by atoms with Gasteiger partial charge >= 0.3 is 0 Å². The summed E-state index contributed by atoms with van der Waals surface area (Å²) in [5, 5.41) is 2.75. The Labute approximate surface area is 204 Å². The van der Waals surface area contributed by atoms with Crippen molar-refractivity contribution in [2.75, 3.05) is 40.5 Å². The molecular formula is C26H30N2O7. The Balaban J connectivity index is 1.56. The third-order valence-corrected chi connectivity index (χ3v) is 5.43. The summed E-state index contributed by atoms with van der Waals surface area (Å²) < 4.78 is 22.4. The van der Waals surface area contributed by atoms with Crippen LogP contribution in [-0.4, -0.2) is 69.1 Å². The van der Waals surface area contributed by atoms with E-state index in [0.717, 1.165) is 5.56 Å². The van der Waals surface area contributed by atoms with E-state index in [-0.39, 0.29) is 36.5 Å². The zero-order chi connectivity index (χ0) is 25.2. The second-order valence-corrected chi connectivity index (χ2v) is 7.86. The van der Waals surface area contributed by atoms with Crippen molar-refractivity contribution in [1.82, 2.24) is 10.2 Å². The molecule has 0 aromatic heterocycles. The monoisotopic (exact) mass is 482 g/mol. The number of Topliss-reactive ketones (excluding diaryl/α,β-unsaturated/α-hetero) is 1. The van der Waals surface area contributed by atoms with Crippen LogP contribution in [0.3, 0.4) is 0 Å². The van der Waals surface area contributed by atoms with E-state index in [0.29, 0.717) is 36.8 Å². The fourth-order valence-corrected chi connectivity index (χ4v) is 3.61. The molecule has 0 spiro atoms. The van der Waals surface area contributed by atoms with E-state index >= 15 is 0 Å². The minimum atomic E-state index is -0.427. The molecule has 2 amide bonds. The predicted molar refractivity (Wildman–Crippen MR) is 129 cm³/mol.